The van der Waals surface area contributed by atoms with E-state index in [1.54, 1.807) is 6.07 Å². The maximum absolute atomic E-state index is 14.4. The zero-order valence-corrected chi connectivity index (χ0v) is 20.4. The van der Waals surface area contributed by atoms with Crippen LogP contribution >= 0.6 is 11.6 Å². The number of aromatic nitrogens is 5. The first kappa shape index (κ1) is 25.6. The van der Waals surface area contributed by atoms with Crippen molar-refractivity contribution in [2.24, 2.45) is 0 Å². The van der Waals surface area contributed by atoms with Crippen LogP contribution in [0.3, 0.4) is 0 Å². The van der Waals surface area contributed by atoms with Crippen molar-refractivity contribution >= 4 is 57.1 Å². The van der Waals surface area contributed by atoms with E-state index in [0.717, 1.165) is 17.3 Å². The molecule has 4 aromatic heterocycles. The maximum Gasteiger partial charge on any atom is 0.433 e. The van der Waals surface area contributed by atoms with Crippen LogP contribution in [0.4, 0.5) is 29.2 Å². The monoisotopic (exact) mass is 550 g/mol. The maximum atomic E-state index is 14.4. The standard InChI is InChI=1S/C23H19ClF4N8O2/c1-10-5-13(23(26,27)28)32-18-17-20(29)30-9-31-21(17)36(19(10)18)8-16(37)35-7-11(25)6-12(35)22(38)34-15-4-2-3-14(24)33-15/h2-5,9,11-12H,6-8H2,1H3,(H2,29,30,31)(H,33,34,38)/t11-,12+/m1/s1. The minimum Gasteiger partial charge on any atom is -0.383 e. The summed E-state index contributed by atoms with van der Waals surface area (Å²) in [4.78, 5) is 43.2. The summed E-state index contributed by atoms with van der Waals surface area (Å²) < 4.78 is 56.2. The van der Waals surface area contributed by atoms with Crippen LogP contribution < -0.4 is 11.1 Å². The number of anilines is 2. The summed E-state index contributed by atoms with van der Waals surface area (Å²) in [6.07, 6.45) is -5.32. The van der Waals surface area contributed by atoms with Crippen LogP contribution in [-0.4, -0.2) is 60.0 Å². The molecule has 0 aliphatic carbocycles. The first-order chi connectivity index (χ1) is 17.9. The molecule has 1 aliphatic heterocycles. The molecule has 10 nitrogen and oxygen atoms in total. The van der Waals surface area contributed by atoms with Gasteiger partial charge in [0.2, 0.25) is 11.8 Å². The molecule has 0 unspecified atom stereocenters. The fourth-order valence-corrected chi connectivity index (χ4v) is 4.79. The van der Waals surface area contributed by atoms with E-state index in [2.05, 4.69) is 25.3 Å². The Labute approximate surface area is 216 Å². The van der Waals surface area contributed by atoms with E-state index < -0.39 is 42.4 Å². The molecule has 2 amide bonds. The molecular weight excluding hydrogens is 532 g/mol. The Bertz CT molecular complexity index is 1590. The van der Waals surface area contributed by atoms with Gasteiger partial charge in [-0.15, -0.1) is 0 Å². The predicted molar refractivity (Wildman–Crippen MR) is 130 cm³/mol. The topological polar surface area (TPSA) is 132 Å². The lowest BCUT2D eigenvalue weighted by molar-refractivity contribution is -0.141. The Kier molecular flexibility index (Phi) is 6.29. The number of nitrogens with zero attached hydrogens (tertiary/aromatic N) is 6. The number of nitrogen functional groups attached to an aromatic ring is 1. The average molecular weight is 551 g/mol. The minimum atomic E-state index is -4.72. The molecule has 0 saturated carbocycles. The largest absolute Gasteiger partial charge is 0.433 e. The number of hydrogen-bond donors (Lipinski definition) is 2. The first-order valence-corrected chi connectivity index (χ1v) is 11.7. The van der Waals surface area contributed by atoms with Gasteiger partial charge in [-0.3, -0.25) is 9.59 Å². The molecule has 0 radical (unpaired) electrons. The molecule has 38 heavy (non-hydrogen) atoms. The summed E-state index contributed by atoms with van der Waals surface area (Å²) in [5.74, 6) is -1.29. The van der Waals surface area contributed by atoms with Crippen molar-refractivity contribution in [3.63, 3.8) is 0 Å². The van der Waals surface area contributed by atoms with E-state index in [9.17, 15) is 27.2 Å². The lowest BCUT2D eigenvalue weighted by Crippen LogP contribution is -2.44. The number of alkyl halides is 4. The van der Waals surface area contributed by atoms with E-state index in [4.69, 9.17) is 17.3 Å². The zero-order valence-electron chi connectivity index (χ0n) is 19.6. The molecule has 1 fully saturated rings. The Balaban J connectivity index is 1.52. The number of nitrogens with one attached hydrogen (secondary N) is 1. The third-order valence-electron chi connectivity index (χ3n) is 6.23. The second kappa shape index (κ2) is 9.35. The number of halogens is 5. The number of hydrogen-bond acceptors (Lipinski definition) is 7. The molecule has 1 aliphatic rings. The van der Waals surface area contributed by atoms with Crippen molar-refractivity contribution in [2.45, 2.75) is 38.3 Å². The second-order valence-electron chi connectivity index (χ2n) is 8.79. The summed E-state index contributed by atoms with van der Waals surface area (Å²) in [7, 11) is 0. The van der Waals surface area contributed by atoms with Gasteiger partial charge in [0.05, 0.1) is 17.4 Å². The van der Waals surface area contributed by atoms with E-state index in [1.165, 1.54) is 23.6 Å². The number of aryl methyl sites for hydroxylation is 1. The highest BCUT2D eigenvalue weighted by Gasteiger charge is 2.40. The van der Waals surface area contributed by atoms with Gasteiger partial charge in [0.25, 0.3) is 0 Å². The molecule has 2 atom stereocenters. The summed E-state index contributed by atoms with van der Waals surface area (Å²) in [6.45, 7) is 0.629. The fraction of sp³-hybridized carbons (Fsp3) is 0.304. The molecule has 0 spiro atoms. The Morgan fingerprint density at radius 3 is 2.71 bits per heavy atom. The minimum absolute atomic E-state index is 0.0515. The van der Waals surface area contributed by atoms with Crippen LogP contribution in [0.2, 0.25) is 5.15 Å². The molecule has 1 saturated heterocycles. The highest BCUT2D eigenvalue weighted by atomic mass is 35.5. The van der Waals surface area contributed by atoms with Crippen LogP contribution in [0.1, 0.15) is 17.7 Å². The zero-order chi connectivity index (χ0) is 27.4. The smallest absolute Gasteiger partial charge is 0.383 e. The summed E-state index contributed by atoms with van der Waals surface area (Å²) in [5.41, 5.74) is 5.14. The second-order valence-corrected chi connectivity index (χ2v) is 9.18. The predicted octanol–water partition coefficient (Wildman–Crippen LogP) is 3.52. The Morgan fingerprint density at radius 2 is 2.00 bits per heavy atom. The highest BCUT2D eigenvalue weighted by Crippen LogP contribution is 2.36. The number of pyridine rings is 2. The molecule has 4 aromatic rings. The first-order valence-electron chi connectivity index (χ1n) is 11.3. The average Bonchev–Trinajstić information content (AvgIpc) is 3.38. The van der Waals surface area contributed by atoms with Gasteiger partial charge in [0.15, 0.2) is 0 Å². The Hall–Kier alpha value is -4.07. The third-order valence-corrected chi connectivity index (χ3v) is 6.44. The summed E-state index contributed by atoms with van der Waals surface area (Å²) in [6, 6.07) is 4.27. The van der Waals surface area contributed by atoms with Gasteiger partial charge in [-0.2, -0.15) is 13.2 Å². The van der Waals surface area contributed by atoms with Crippen molar-refractivity contribution in [1.29, 1.82) is 0 Å². The molecule has 0 aromatic carbocycles. The number of amides is 2. The summed E-state index contributed by atoms with van der Waals surface area (Å²) in [5, 5.41) is 2.72. The summed E-state index contributed by atoms with van der Waals surface area (Å²) >= 11 is 5.85. The van der Waals surface area contributed by atoms with Crippen molar-refractivity contribution in [3.05, 3.63) is 47.0 Å². The Morgan fingerprint density at radius 1 is 1.24 bits per heavy atom. The molecule has 5 heterocycles. The SMILES string of the molecule is Cc1cc(C(F)(F)F)nc2c3c(N)ncnc3n(CC(=O)N3C[C@H](F)C[C@H]3C(=O)Nc3cccc(Cl)n3)c12. The molecule has 15 heteroatoms. The number of carbonyl (C=O) groups is 2. The van der Waals surface area contributed by atoms with E-state index in [0.29, 0.717) is 0 Å². The van der Waals surface area contributed by atoms with Gasteiger partial charge >= 0.3 is 6.18 Å². The number of rotatable bonds is 4. The lowest BCUT2D eigenvalue weighted by Gasteiger charge is -2.24. The van der Waals surface area contributed by atoms with Crippen LogP contribution in [0.15, 0.2) is 30.6 Å². The van der Waals surface area contributed by atoms with Crippen LogP contribution in [-0.2, 0) is 22.3 Å². The van der Waals surface area contributed by atoms with Crippen LogP contribution in [0.25, 0.3) is 22.1 Å². The van der Waals surface area contributed by atoms with E-state index in [1.807, 2.05) is 0 Å². The van der Waals surface area contributed by atoms with Gasteiger partial charge in [0.1, 0.15) is 58.7 Å². The highest BCUT2D eigenvalue weighted by molar-refractivity contribution is 6.29. The molecule has 5 rings (SSSR count). The quantitative estimate of drug-likeness (QED) is 0.293. The molecule has 3 N–H and O–H groups in total. The van der Waals surface area contributed by atoms with Crippen molar-refractivity contribution in [1.82, 2.24) is 29.4 Å². The van der Waals surface area contributed by atoms with Crippen molar-refractivity contribution < 1.29 is 27.2 Å². The number of likely N-dealkylation sites (tertiary alicyclic amines) is 1. The van der Waals surface area contributed by atoms with E-state index >= 15 is 0 Å². The van der Waals surface area contributed by atoms with Gasteiger partial charge in [0, 0.05) is 6.42 Å². The number of carbonyl (C=O) groups excluding carboxylic acids is 2. The van der Waals surface area contributed by atoms with E-state index in [-0.39, 0.29) is 57.4 Å². The molecular formula is C23H19ClF4N8O2. The van der Waals surface area contributed by atoms with Gasteiger partial charge in [-0.05, 0) is 30.7 Å². The molecule has 198 valence electrons. The van der Waals surface area contributed by atoms with Crippen molar-refractivity contribution in [3.8, 4) is 0 Å². The normalized spacial score (nSPS) is 17.9. The van der Waals surface area contributed by atoms with Crippen molar-refractivity contribution in [2.75, 3.05) is 17.6 Å². The van der Waals surface area contributed by atoms with Gasteiger partial charge in [-0.25, -0.2) is 24.3 Å². The number of fused-ring (bicyclic) bond motifs is 3. The fourth-order valence-electron chi connectivity index (χ4n) is 4.63. The van der Waals surface area contributed by atoms with Crippen LogP contribution in [0.5, 0.6) is 0 Å². The third kappa shape index (κ3) is 4.55. The number of nitrogens with two attached hydrogens (primary N) is 1. The van der Waals surface area contributed by atoms with Crippen LogP contribution in [0, 0.1) is 6.92 Å². The van der Waals surface area contributed by atoms with Gasteiger partial charge < -0.3 is 20.5 Å². The molecule has 0 bridgehead atoms. The lowest BCUT2D eigenvalue weighted by atomic mass is 10.2. The van der Waals surface area contributed by atoms with Gasteiger partial charge in [-0.1, -0.05) is 17.7 Å².